The minimum absolute atomic E-state index is 0.521. The number of likely N-dealkylation sites (N-methyl/N-ethyl adjacent to an activating group) is 1. The van der Waals surface area contributed by atoms with Crippen molar-refractivity contribution in [1.82, 2.24) is 15.2 Å². The lowest BCUT2D eigenvalue weighted by Gasteiger charge is -2.22. The van der Waals surface area contributed by atoms with Gasteiger partial charge in [-0.1, -0.05) is 6.07 Å². The average Bonchev–Trinajstić information content (AvgIpc) is 3.39. The SMILES string of the molecule is CCNC(=NCc1cccc(OC)n1)N(C)CCOCC1CC1. The van der Waals surface area contributed by atoms with E-state index in [1.807, 2.05) is 25.2 Å². The fraction of sp³-hybridized carbons (Fsp3) is 0.647. The molecule has 6 heteroatoms. The summed E-state index contributed by atoms with van der Waals surface area (Å²) < 4.78 is 10.8. The first-order chi connectivity index (χ1) is 11.2. The number of pyridine rings is 1. The lowest BCUT2D eigenvalue weighted by molar-refractivity contribution is 0.115. The molecule has 0 spiro atoms. The fourth-order valence-corrected chi connectivity index (χ4v) is 2.13. The zero-order valence-electron chi connectivity index (χ0n) is 14.4. The van der Waals surface area contributed by atoms with E-state index in [0.717, 1.165) is 43.9 Å². The molecule has 0 aliphatic heterocycles. The molecular weight excluding hydrogens is 292 g/mol. The molecule has 0 saturated heterocycles. The molecule has 1 aromatic rings. The van der Waals surface area contributed by atoms with Gasteiger partial charge in [0.05, 0.1) is 26.0 Å². The third-order valence-corrected chi connectivity index (χ3v) is 3.70. The van der Waals surface area contributed by atoms with Crippen molar-refractivity contribution in [2.24, 2.45) is 10.9 Å². The van der Waals surface area contributed by atoms with E-state index in [4.69, 9.17) is 9.47 Å². The Balaban J connectivity index is 1.83. The Bertz CT molecular complexity index is 503. The third kappa shape index (κ3) is 6.44. The normalized spacial score (nSPS) is 14.7. The van der Waals surface area contributed by atoms with Gasteiger partial charge in [0.15, 0.2) is 5.96 Å². The number of aliphatic imine (C=N–C) groups is 1. The van der Waals surface area contributed by atoms with E-state index in [1.54, 1.807) is 7.11 Å². The highest BCUT2D eigenvalue weighted by molar-refractivity contribution is 5.79. The van der Waals surface area contributed by atoms with E-state index >= 15 is 0 Å². The number of hydrogen-bond acceptors (Lipinski definition) is 4. The van der Waals surface area contributed by atoms with Gasteiger partial charge in [-0.05, 0) is 31.7 Å². The van der Waals surface area contributed by atoms with Crippen molar-refractivity contribution >= 4 is 5.96 Å². The molecule has 23 heavy (non-hydrogen) atoms. The van der Waals surface area contributed by atoms with Gasteiger partial charge in [-0.3, -0.25) is 0 Å². The highest BCUT2D eigenvalue weighted by Crippen LogP contribution is 2.28. The Morgan fingerprint density at radius 2 is 2.26 bits per heavy atom. The molecule has 1 heterocycles. The Labute approximate surface area is 138 Å². The molecule has 0 amide bonds. The summed E-state index contributed by atoms with van der Waals surface area (Å²) in [6.07, 6.45) is 2.65. The molecule has 0 unspecified atom stereocenters. The smallest absolute Gasteiger partial charge is 0.213 e. The molecule has 1 aromatic heterocycles. The van der Waals surface area contributed by atoms with Crippen LogP contribution in [0.2, 0.25) is 0 Å². The van der Waals surface area contributed by atoms with E-state index < -0.39 is 0 Å². The minimum atomic E-state index is 0.521. The van der Waals surface area contributed by atoms with Crippen LogP contribution in [0.15, 0.2) is 23.2 Å². The summed E-state index contributed by atoms with van der Waals surface area (Å²) in [4.78, 5) is 11.1. The molecule has 0 bridgehead atoms. The lowest BCUT2D eigenvalue weighted by atomic mass is 10.3. The summed E-state index contributed by atoms with van der Waals surface area (Å²) in [5.74, 6) is 2.29. The van der Waals surface area contributed by atoms with Crippen LogP contribution in [0.25, 0.3) is 0 Å². The molecule has 1 aliphatic carbocycles. The monoisotopic (exact) mass is 320 g/mol. The highest BCUT2D eigenvalue weighted by atomic mass is 16.5. The number of rotatable bonds is 9. The Morgan fingerprint density at radius 1 is 1.43 bits per heavy atom. The van der Waals surface area contributed by atoms with Gasteiger partial charge < -0.3 is 19.7 Å². The molecule has 1 saturated carbocycles. The van der Waals surface area contributed by atoms with Gasteiger partial charge in [-0.2, -0.15) is 0 Å². The van der Waals surface area contributed by atoms with Crippen molar-refractivity contribution in [3.05, 3.63) is 23.9 Å². The van der Waals surface area contributed by atoms with Gasteiger partial charge in [0, 0.05) is 32.8 Å². The summed E-state index contributed by atoms with van der Waals surface area (Å²) in [5.41, 5.74) is 0.887. The second-order valence-electron chi connectivity index (χ2n) is 5.78. The second kappa shape index (κ2) is 9.35. The molecule has 128 valence electrons. The van der Waals surface area contributed by atoms with Crippen LogP contribution < -0.4 is 10.1 Å². The fourth-order valence-electron chi connectivity index (χ4n) is 2.13. The van der Waals surface area contributed by atoms with Crippen LogP contribution >= 0.6 is 0 Å². The molecule has 2 rings (SSSR count). The Morgan fingerprint density at radius 3 is 2.96 bits per heavy atom. The first-order valence-corrected chi connectivity index (χ1v) is 8.30. The summed E-state index contributed by atoms with van der Waals surface area (Å²) in [7, 11) is 3.65. The topological polar surface area (TPSA) is 59.0 Å². The summed E-state index contributed by atoms with van der Waals surface area (Å²) in [6, 6.07) is 5.72. The summed E-state index contributed by atoms with van der Waals surface area (Å²) >= 11 is 0. The highest BCUT2D eigenvalue weighted by Gasteiger charge is 2.21. The van der Waals surface area contributed by atoms with Crippen LogP contribution in [-0.4, -0.2) is 56.3 Å². The zero-order valence-corrected chi connectivity index (χ0v) is 14.4. The van der Waals surface area contributed by atoms with E-state index in [9.17, 15) is 0 Å². The van der Waals surface area contributed by atoms with Gasteiger partial charge in [0.2, 0.25) is 5.88 Å². The number of nitrogens with one attached hydrogen (secondary N) is 1. The van der Waals surface area contributed by atoms with Crippen LogP contribution in [0.3, 0.4) is 0 Å². The van der Waals surface area contributed by atoms with Crippen molar-refractivity contribution in [1.29, 1.82) is 0 Å². The summed E-state index contributed by atoms with van der Waals surface area (Å²) in [5, 5.41) is 3.30. The number of nitrogens with zero attached hydrogens (tertiary/aromatic N) is 3. The predicted octanol–water partition coefficient (Wildman–Crippen LogP) is 1.91. The molecule has 1 N–H and O–H groups in total. The molecule has 0 radical (unpaired) electrons. The van der Waals surface area contributed by atoms with Crippen molar-refractivity contribution in [2.75, 3.05) is 40.5 Å². The quantitative estimate of drug-likeness (QED) is 0.428. The van der Waals surface area contributed by atoms with Crippen LogP contribution in [0.4, 0.5) is 0 Å². The van der Waals surface area contributed by atoms with Gasteiger partial charge in [0.1, 0.15) is 0 Å². The van der Waals surface area contributed by atoms with Crippen LogP contribution in [-0.2, 0) is 11.3 Å². The van der Waals surface area contributed by atoms with Gasteiger partial charge >= 0.3 is 0 Å². The molecule has 0 aromatic carbocycles. The number of methoxy groups -OCH3 is 1. The van der Waals surface area contributed by atoms with E-state index in [2.05, 4.69) is 27.1 Å². The van der Waals surface area contributed by atoms with Crippen molar-refractivity contribution in [3.8, 4) is 5.88 Å². The minimum Gasteiger partial charge on any atom is -0.481 e. The molecule has 1 fully saturated rings. The molecular formula is C17H28N4O2. The molecule has 0 atom stereocenters. The third-order valence-electron chi connectivity index (χ3n) is 3.70. The maximum atomic E-state index is 5.70. The first kappa shape index (κ1) is 17.5. The van der Waals surface area contributed by atoms with Gasteiger partial charge in [-0.25, -0.2) is 9.98 Å². The lowest BCUT2D eigenvalue weighted by Crippen LogP contribution is -2.40. The average molecular weight is 320 g/mol. The largest absolute Gasteiger partial charge is 0.481 e. The van der Waals surface area contributed by atoms with Crippen LogP contribution in [0, 0.1) is 5.92 Å². The summed E-state index contributed by atoms with van der Waals surface area (Å²) in [6.45, 7) is 5.87. The maximum Gasteiger partial charge on any atom is 0.213 e. The number of aromatic nitrogens is 1. The Hall–Kier alpha value is -1.82. The van der Waals surface area contributed by atoms with Crippen molar-refractivity contribution in [3.63, 3.8) is 0 Å². The first-order valence-electron chi connectivity index (χ1n) is 8.30. The van der Waals surface area contributed by atoms with Crippen molar-refractivity contribution < 1.29 is 9.47 Å². The van der Waals surface area contributed by atoms with Crippen LogP contribution in [0.5, 0.6) is 5.88 Å². The number of guanidine groups is 1. The zero-order chi connectivity index (χ0) is 16.5. The second-order valence-corrected chi connectivity index (χ2v) is 5.78. The maximum absolute atomic E-state index is 5.70. The van der Waals surface area contributed by atoms with E-state index in [0.29, 0.717) is 12.4 Å². The van der Waals surface area contributed by atoms with E-state index in [1.165, 1.54) is 12.8 Å². The van der Waals surface area contributed by atoms with Gasteiger partial charge in [0.25, 0.3) is 0 Å². The van der Waals surface area contributed by atoms with Gasteiger partial charge in [-0.15, -0.1) is 0 Å². The standard InChI is InChI=1S/C17H28N4O2/c1-4-18-17(21(2)10-11-23-13-14-8-9-14)19-12-15-6-5-7-16(20-15)22-3/h5-7,14H,4,8-13H2,1-3H3,(H,18,19). The number of ether oxygens (including phenoxy) is 2. The van der Waals surface area contributed by atoms with Crippen molar-refractivity contribution in [2.45, 2.75) is 26.3 Å². The predicted molar refractivity (Wildman–Crippen MR) is 91.8 cm³/mol. The molecule has 1 aliphatic rings. The van der Waals surface area contributed by atoms with E-state index in [-0.39, 0.29) is 0 Å². The molecule has 6 nitrogen and oxygen atoms in total. The van der Waals surface area contributed by atoms with Crippen LogP contribution in [0.1, 0.15) is 25.5 Å². The Kier molecular flexibility index (Phi) is 7.13. The number of hydrogen-bond donors (Lipinski definition) is 1.